The van der Waals surface area contributed by atoms with E-state index in [9.17, 15) is 9.59 Å². The molecule has 0 radical (unpaired) electrons. The second kappa shape index (κ2) is 9.30. The van der Waals surface area contributed by atoms with Gasteiger partial charge in [0.2, 0.25) is 5.91 Å². The van der Waals surface area contributed by atoms with E-state index in [1.54, 1.807) is 23.2 Å². The van der Waals surface area contributed by atoms with E-state index < -0.39 is 0 Å². The Morgan fingerprint density at radius 1 is 1.10 bits per heavy atom. The number of hydrogen-bond donors (Lipinski definition) is 1. The van der Waals surface area contributed by atoms with Crippen LogP contribution in [-0.2, 0) is 4.79 Å². The molecule has 1 fully saturated rings. The van der Waals surface area contributed by atoms with Crippen molar-refractivity contribution >= 4 is 11.8 Å². The number of hydrogen-bond acceptors (Lipinski definition) is 6. The van der Waals surface area contributed by atoms with Crippen LogP contribution >= 0.6 is 0 Å². The Morgan fingerprint density at radius 3 is 2.77 bits per heavy atom. The van der Waals surface area contributed by atoms with E-state index in [1.807, 2.05) is 30.3 Å². The number of aromatic nitrogens is 3. The Morgan fingerprint density at radius 2 is 1.97 bits per heavy atom. The molecule has 0 saturated carbocycles. The molecule has 1 atom stereocenters. The Hall–Kier alpha value is -3.55. The number of pyridine rings is 1. The zero-order chi connectivity index (χ0) is 20.8. The van der Waals surface area contributed by atoms with Gasteiger partial charge in [-0.25, -0.2) is 0 Å². The summed E-state index contributed by atoms with van der Waals surface area (Å²) in [5.74, 6) is 0.453. The second-order valence-electron chi connectivity index (χ2n) is 7.20. The average molecular weight is 405 g/mol. The van der Waals surface area contributed by atoms with Crippen LogP contribution in [0.2, 0.25) is 0 Å². The first-order chi connectivity index (χ1) is 14.7. The molecule has 0 bridgehead atoms. The lowest BCUT2D eigenvalue weighted by Crippen LogP contribution is -2.42. The van der Waals surface area contributed by atoms with Crippen LogP contribution in [0, 0.1) is 0 Å². The molecule has 30 heavy (non-hydrogen) atoms. The van der Waals surface area contributed by atoms with Gasteiger partial charge in [-0.2, -0.15) is 4.98 Å². The van der Waals surface area contributed by atoms with Crippen molar-refractivity contribution in [3.05, 3.63) is 66.2 Å². The topological polar surface area (TPSA) is 101 Å². The van der Waals surface area contributed by atoms with Gasteiger partial charge >= 0.3 is 0 Å². The van der Waals surface area contributed by atoms with Crippen molar-refractivity contribution in [2.75, 3.05) is 13.1 Å². The highest BCUT2D eigenvalue weighted by molar-refractivity contribution is 5.96. The van der Waals surface area contributed by atoms with E-state index in [-0.39, 0.29) is 24.4 Å². The van der Waals surface area contributed by atoms with Crippen LogP contribution in [0.15, 0.2) is 59.4 Å². The lowest BCUT2D eigenvalue weighted by molar-refractivity contribution is -0.132. The maximum Gasteiger partial charge on any atom is 0.257 e. The van der Waals surface area contributed by atoms with Gasteiger partial charge in [0, 0.05) is 24.5 Å². The monoisotopic (exact) mass is 405 g/mol. The predicted molar refractivity (Wildman–Crippen MR) is 109 cm³/mol. The fourth-order valence-corrected chi connectivity index (χ4v) is 3.60. The Bertz CT molecular complexity index is 990. The maximum atomic E-state index is 13.0. The third-order valence-electron chi connectivity index (χ3n) is 5.16. The van der Waals surface area contributed by atoms with Crippen molar-refractivity contribution < 1.29 is 14.1 Å². The largest absolute Gasteiger partial charge is 0.343 e. The summed E-state index contributed by atoms with van der Waals surface area (Å²) in [4.78, 5) is 35.5. The maximum absolute atomic E-state index is 13.0. The Labute approximate surface area is 174 Å². The number of rotatable bonds is 5. The van der Waals surface area contributed by atoms with Crippen molar-refractivity contribution in [3.63, 3.8) is 0 Å². The van der Waals surface area contributed by atoms with Crippen LogP contribution in [0.5, 0.6) is 0 Å². The van der Waals surface area contributed by atoms with Gasteiger partial charge in [0.05, 0.1) is 18.2 Å². The van der Waals surface area contributed by atoms with Crippen molar-refractivity contribution in [2.24, 2.45) is 0 Å². The molecule has 3 aromatic rings. The summed E-state index contributed by atoms with van der Waals surface area (Å²) in [5.41, 5.74) is 1.26. The van der Waals surface area contributed by atoms with Crippen LogP contribution in [0.25, 0.3) is 11.5 Å². The van der Waals surface area contributed by atoms with Gasteiger partial charge in [-0.05, 0) is 37.1 Å². The van der Waals surface area contributed by atoms with E-state index in [1.165, 1.54) is 6.20 Å². The zero-order valence-electron chi connectivity index (χ0n) is 16.5. The van der Waals surface area contributed by atoms with E-state index in [4.69, 9.17) is 4.52 Å². The predicted octanol–water partition coefficient (Wildman–Crippen LogP) is 3.01. The molecule has 0 aliphatic carbocycles. The summed E-state index contributed by atoms with van der Waals surface area (Å²) in [6.07, 6.45) is 6.74. The molecular formula is C22H23N5O3. The average Bonchev–Trinajstić information content (AvgIpc) is 3.16. The molecular weight excluding hydrogens is 382 g/mol. The number of carbonyl (C=O) groups is 2. The Kier molecular flexibility index (Phi) is 6.12. The SMILES string of the molecule is O=C(NCC(=O)N1CCCCC[C@H]1c1noc(-c2ccccc2)n1)c1cccnc1. The fraction of sp³-hybridized carbons (Fsp3) is 0.318. The molecule has 1 aliphatic heterocycles. The number of carbonyl (C=O) groups excluding carboxylic acids is 2. The summed E-state index contributed by atoms with van der Waals surface area (Å²) >= 11 is 0. The molecule has 1 aliphatic rings. The quantitative estimate of drug-likeness (QED) is 0.700. The first-order valence-corrected chi connectivity index (χ1v) is 10.1. The Balaban J connectivity index is 1.47. The highest BCUT2D eigenvalue weighted by Gasteiger charge is 2.30. The lowest BCUT2D eigenvalue weighted by atomic mass is 10.1. The number of amides is 2. The number of likely N-dealkylation sites (tertiary alicyclic amines) is 1. The molecule has 2 aromatic heterocycles. The summed E-state index contributed by atoms with van der Waals surface area (Å²) < 4.78 is 5.45. The smallest absolute Gasteiger partial charge is 0.257 e. The summed E-state index contributed by atoms with van der Waals surface area (Å²) in [5, 5.41) is 6.84. The number of benzene rings is 1. The van der Waals surface area contributed by atoms with Crippen LogP contribution in [-0.4, -0.2) is 44.9 Å². The van der Waals surface area contributed by atoms with Crippen LogP contribution in [0.1, 0.15) is 47.9 Å². The number of nitrogens with one attached hydrogen (secondary N) is 1. The van der Waals surface area contributed by atoms with Crippen molar-refractivity contribution in [2.45, 2.75) is 31.7 Å². The molecule has 1 N–H and O–H groups in total. The van der Waals surface area contributed by atoms with Crippen molar-refractivity contribution in [1.82, 2.24) is 25.3 Å². The summed E-state index contributed by atoms with van der Waals surface area (Å²) in [6, 6.07) is 12.6. The summed E-state index contributed by atoms with van der Waals surface area (Å²) in [6.45, 7) is 0.509. The molecule has 4 rings (SSSR count). The first kappa shape index (κ1) is 19.8. The standard InChI is InChI=1S/C22H23N5O3/c28-19(15-24-21(29)17-10-7-12-23-14-17)27-13-6-2-5-11-18(27)20-25-22(30-26-20)16-8-3-1-4-9-16/h1,3-4,7-10,12,14,18H,2,5-6,11,13,15H2,(H,24,29)/t18-/m0/s1. The zero-order valence-corrected chi connectivity index (χ0v) is 16.5. The van der Waals surface area contributed by atoms with Gasteiger partial charge < -0.3 is 14.7 Å². The van der Waals surface area contributed by atoms with E-state index in [0.717, 1.165) is 31.2 Å². The number of nitrogens with zero attached hydrogens (tertiary/aromatic N) is 4. The molecule has 0 unspecified atom stereocenters. The van der Waals surface area contributed by atoms with Crippen LogP contribution in [0.3, 0.4) is 0 Å². The molecule has 0 spiro atoms. The minimum atomic E-state index is -0.325. The van der Waals surface area contributed by atoms with Crippen LogP contribution in [0.4, 0.5) is 0 Å². The van der Waals surface area contributed by atoms with Crippen molar-refractivity contribution in [3.8, 4) is 11.5 Å². The first-order valence-electron chi connectivity index (χ1n) is 10.1. The molecule has 8 heteroatoms. The molecule has 1 saturated heterocycles. The molecule has 1 aromatic carbocycles. The van der Waals surface area contributed by atoms with E-state index in [2.05, 4.69) is 20.4 Å². The lowest BCUT2D eigenvalue weighted by Gasteiger charge is -2.28. The van der Waals surface area contributed by atoms with Gasteiger partial charge in [0.1, 0.15) is 0 Å². The third kappa shape index (κ3) is 4.53. The molecule has 3 heterocycles. The minimum Gasteiger partial charge on any atom is -0.343 e. The second-order valence-corrected chi connectivity index (χ2v) is 7.20. The normalized spacial score (nSPS) is 16.7. The highest BCUT2D eigenvalue weighted by Crippen LogP contribution is 2.30. The highest BCUT2D eigenvalue weighted by atomic mass is 16.5. The van der Waals surface area contributed by atoms with E-state index in [0.29, 0.717) is 23.8 Å². The van der Waals surface area contributed by atoms with Gasteiger partial charge in [-0.15, -0.1) is 0 Å². The van der Waals surface area contributed by atoms with Gasteiger partial charge in [0.25, 0.3) is 11.8 Å². The summed E-state index contributed by atoms with van der Waals surface area (Å²) in [7, 11) is 0. The van der Waals surface area contributed by atoms with Crippen LogP contribution < -0.4 is 5.32 Å². The third-order valence-corrected chi connectivity index (χ3v) is 5.16. The van der Waals surface area contributed by atoms with Gasteiger partial charge in [0.15, 0.2) is 5.82 Å². The molecule has 2 amide bonds. The molecule has 8 nitrogen and oxygen atoms in total. The fourth-order valence-electron chi connectivity index (χ4n) is 3.60. The van der Waals surface area contributed by atoms with Gasteiger partial charge in [-0.1, -0.05) is 36.2 Å². The minimum absolute atomic E-state index is 0.0897. The van der Waals surface area contributed by atoms with Crippen molar-refractivity contribution in [1.29, 1.82) is 0 Å². The van der Waals surface area contributed by atoms with E-state index >= 15 is 0 Å². The van der Waals surface area contributed by atoms with Gasteiger partial charge in [-0.3, -0.25) is 14.6 Å². The molecule has 154 valence electrons.